The van der Waals surface area contributed by atoms with Crippen molar-refractivity contribution >= 4 is 34.4 Å². The Labute approximate surface area is 224 Å². The summed E-state index contributed by atoms with van der Waals surface area (Å²) in [6.07, 6.45) is 7.72. The van der Waals surface area contributed by atoms with E-state index in [4.69, 9.17) is 9.72 Å². The van der Waals surface area contributed by atoms with Gasteiger partial charge in [-0.3, -0.25) is 9.69 Å². The molecule has 0 radical (unpaired) electrons. The van der Waals surface area contributed by atoms with Gasteiger partial charge in [0.25, 0.3) is 5.91 Å². The van der Waals surface area contributed by atoms with Gasteiger partial charge in [-0.25, -0.2) is 9.97 Å². The van der Waals surface area contributed by atoms with Gasteiger partial charge in [0.15, 0.2) is 0 Å². The topological polar surface area (TPSA) is 112 Å². The monoisotopic (exact) mass is 521 g/mol. The first-order chi connectivity index (χ1) is 18.5. The number of nitrogens with one attached hydrogen (secondary N) is 3. The molecule has 0 aliphatic carbocycles. The molecule has 0 atom stereocenters. The van der Waals surface area contributed by atoms with Crippen molar-refractivity contribution in [1.82, 2.24) is 35.1 Å². The number of anilines is 3. The van der Waals surface area contributed by atoms with Gasteiger partial charge in [0.2, 0.25) is 5.95 Å². The van der Waals surface area contributed by atoms with Crippen molar-refractivity contribution in [1.29, 1.82) is 0 Å². The molecule has 3 N–H and O–H groups in total. The highest BCUT2D eigenvalue weighted by molar-refractivity contribution is 6.07. The Balaban J connectivity index is 1.29. The van der Waals surface area contributed by atoms with Crippen LogP contribution in [0.25, 0.3) is 10.9 Å². The van der Waals surface area contributed by atoms with Crippen LogP contribution in [0, 0.1) is 0 Å². The van der Waals surface area contributed by atoms with Crippen molar-refractivity contribution in [3.8, 4) is 0 Å². The van der Waals surface area contributed by atoms with Gasteiger partial charge in [0, 0.05) is 95.6 Å². The molecular formula is C27H39N9O2. The molecule has 2 aliphatic rings. The lowest BCUT2D eigenvalue weighted by Gasteiger charge is -2.31. The Morgan fingerprint density at radius 3 is 2.68 bits per heavy atom. The number of rotatable bonds is 9. The third-order valence-corrected chi connectivity index (χ3v) is 7.40. The fourth-order valence-electron chi connectivity index (χ4n) is 5.17. The first-order valence-corrected chi connectivity index (χ1v) is 13.6. The number of amides is 1. The minimum atomic E-state index is -0.0651. The summed E-state index contributed by atoms with van der Waals surface area (Å²) in [7, 11) is 1.77. The Kier molecular flexibility index (Phi) is 8.35. The molecule has 11 nitrogen and oxygen atoms in total. The highest BCUT2D eigenvalue weighted by Crippen LogP contribution is 2.27. The van der Waals surface area contributed by atoms with E-state index in [0.717, 1.165) is 69.6 Å². The third-order valence-electron chi connectivity index (χ3n) is 7.40. The van der Waals surface area contributed by atoms with E-state index in [2.05, 4.69) is 54.1 Å². The Morgan fingerprint density at radius 1 is 1.16 bits per heavy atom. The first kappa shape index (κ1) is 26.3. The molecule has 0 spiro atoms. The van der Waals surface area contributed by atoms with Crippen molar-refractivity contribution < 1.29 is 9.53 Å². The molecule has 2 fully saturated rings. The lowest BCUT2D eigenvalue weighted by Crippen LogP contribution is -2.46. The molecule has 38 heavy (non-hydrogen) atoms. The van der Waals surface area contributed by atoms with Gasteiger partial charge in [0.05, 0.1) is 17.2 Å². The number of piperazine rings is 1. The maximum atomic E-state index is 13.1. The summed E-state index contributed by atoms with van der Waals surface area (Å²) in [5, 5.41) is 10.6. The van der Waals surface area contributed by atoms with Crippen molar-refractivity contribution in [2.75, 3.05) is 69.7 Å². The van der Waals surface area contributed by atoms with Crippen LogP contribution < -0.4 is 20.9 Å². The van der Waals surface area contributed by atoms with Crippen LogP contribution in [0.15, 0.2) is 30.7 Å². The number of methoxy groups -OCH3 is 1. The smallest absolute Gasteiger partial charge is 0.253 e. The van der Waals surface area contributed by atoms with Crippen molar-refractivity contribution in [3.05, 3.63) is 36.3 Å². The molecule has 1 amide bonds. The Hall–Kier alpha value is -3.28. The number of carbonyl (C=O) groups excluding carboxylic acids is 1. The molecule has 3 aromatic heterocycles. The summed E-state index contributed by atoms with van der Waals surface area (Å²) in [5.74, 6) is 2.00. The molecular weight excluding hydrogens is 482 g/mol. The second-order valence-corrected chi connectivity index (χ2v) is 10.3. The number of carbonyl (C=O) groups is 1. The van der Waals surface area contributed by atoms with Crippen LogP contribution in [0.5, 0.6) is 0 Å². The highest BCUT2D eigenvalue weighted by atomic mass is 16.5. The molecule has 2 saturated heterocycles. The maximum Gasteiger partial charge on any atom is 0.253 e. The fraction of sp³-hybridized carbons (Fsp3) is 0.556. The van der Waals surface area contributed by atoms with Crippen molar-refractivity contribution in [2.45, 2.75) is 38.8 Å². The number of nitrogens with zero attached hydrogens (tertiary/aromatic N) is 6. The molecule has 0 unspecified atom stereocenters. The van der Waals surface area contributed by atoms with E-state index < -0.39 is 0 Å². The molecule has 2 aliphatic heterocycles. The number of fused-ring (bicyclic) bond motifs is 1. The van der Waals surface area contributed by atoms with Crippen LogP contribution >= 0.6 is 0 Å². The van der Waals surface area contributed by atoms with Crippen LogP contribution in [0.4, 0.5) is 17.6 Å². The maximum absolute atomic E-state index is 13.1. The Bertz CT molecular complexity index is 1230. The van der Waals surface area contributed by atoms with E-state index in [9.17, 15) is 4.79 Å². The largest absolute Gasteiger partial charge is 0.381 e. The minimum Gasteiger partial charge on any atom is -0.381 e. The van der Waals surface area contributed by atoms with Crippen LogP contribution in [-0.2, 0) is 4.74 Å². The SMILES string of the molecule is COC1CCN(c2nccc(Nc3cc4c(cn3)c(C(=O)NCCN3CCNCC3)cn4C(C)C)n2)CC1. The zero-order valence-corrected chi connectivity index (χ0v) is 22.6. The quantitative estimate of drug-likeness (QED) is 0.391. The summed E-state index contributed by atoms with van der Waals surface area (Å²) in [4.78, 5) is 31.5. The van der Waals surface area contributed by atoms with E-state index in [1.165, 1.54) is 0 Å². The van der Waals surface area contributed by atoms with Crippen molar-refractivity contribution in [3.63, 3.8) is 0 Å². The molecule has 0 saturated carbocycles. The summed E-state index contributed by atoms with van der Waals surface area (Å²) >= 11 is 0. The number of hydrogen-bond donors (Lipinski definition) is 3. The van der Waals surface area contributed by atoms with Gasteiger partial charge in [-0.15, -0.1) is 0 Å². The second-order valence-electron chi connectivity index (χ2n) is 10.3. The fourth-order valence-corrected chi connectivity index (χ4v) is 5.17. The zero-order chi connectivity index (χ0) is 26.5. The standard InChI is InChI=1S/C27H39N9O2/c1-19(2)36-18-22(26(37)29-10-15-34-13-8-28-9-14-34)21-17-31-25(16-23(21)36)32-24-4-7-30-27(33-24)35-11-5-20(38-3)6-12-35/h4,7,16-20,28H,5-6,8-15H2,1-3H3,(H,29,37)(H,30,31,32,33). The minimum absolute atomic E-state index is 0.0651. The van der Waals surface area contributed by atoms with Crippen molar-refractivity contribution in [2.24, 2.45) is 0 Å². The van der Waals surface area contributed by atoms with Gasteiger partial charge in [-0.05, 0) is 32.8 Å². The van der Waals surface area contributed by atoms with Gasteiger partial charge in [-0.1, -0.05) is 0 Å². The van der Waals surface area contributed by atoms with E-state index in [1.807, 2.05) is 18.3 Å². The summed E-state index contributed by atoms with van der Waals surface area (Å²) in [6, 6.07) is 4.02. The molecule has 0 aromatic carbocycles. The second kappa shape index (κ2) is 12.1. The lowest BCUT2D eigenvalue weighted by atomic mass is 10.1. The number of aromatic nitrogens is 4. The summed E-state index contributed by atoms with van der Waals surface area (Å²) < 4.78 is 7.61. The average molecular weight is 522 g/mol. The normalized spacial score (nSPS) is 17.3. The van der Waals surface area contributed by atoms with E-state index in [1.54, 1.807) is 19.5 Å². The predicted molar refractivity (Wildman–Crippen MR) is 149 cm³/mol. The molecule has 0 bridgehead atoms. The van der Waals surface area contributed by atoms with Crippen LogP contribution in [0.3, 0.4) is 0 Å². The van der Waals surface area contributed by atoms with Crippen LogP contribution in [0.1, 0.15) is 43.1 Å². The lowest BCUT2D eigenvalue weighted by molar-refractivity contribution is 0.0816. The van der Waals surface area contributed by atoms with Crippen LogP contribution in [-0.4, -0.2) is 95.9 Å². The Morgan fingerprint density at radius 2 is 1.95 bits per heavy atom. The predicted octanol–water partition coefficient (Wildman–Crippen LogP) is 2.40. The zero-order valence-electron chi connectivity index (χ0n) is 22.6. The average Bonchev–Trinajstić information content (AvgIpc) is 3.33. The molecule has 11 heteroatoms. The number of pyridine rings is 1. The molecule has 204 valence electrons. The third kappa shape index (κ3) is 6.06. The van der Waals surface area contributed by atoms with E-state index in [-0.39, 0.29) is 11.9 Å². The highest BCUT2D eigenvalue weighted by Gasteiger charge is 2.21. The number of hydrogen-bond acceptors (Lipinski definition) is 9. The molecule has 5 rings (SSSR count). The molecule has 3 aromatic rings. The van der Waals surface area contributed by atoms with Gasteiger partial charge >= 0.3 is 0 Å². The van der Waals surface area contributed by atoms with Gasteiger partial charge in [0.1, 0.15) is 11.6 Å². The number of piperidine rings is 1. The van der Waals surface area contributed by atoms with E-state index in [0.29, 0.717) is 35.8 Å². The van der Waals surface area contributed by atoms with Gasteiger partial charge < -0.3 is 30.2 Å². The number of ether oxygens (including phenoxy) is 1. The first-order valence-electron chi connectivity index (χ1n) is 13.6. The van der Waals surface area contributed by atoms with E-state index >= 15 is 0 Å². The summed E-state index contributed by atoms with van der Waals surface area (Å²) in [5.41, 5.74) is 1.61. The summed E-state index contributed by atoms with van der Waals surface area (Å²) in [6.45, 7) is 11.5. The van der Waals surface area contributed by atoms with Crippen LogP contribution in [0.2, 0.25) is 0 Å². The molecule has 5 heterocycles. The van der Waals surface area contributed by atoms with Gasteiger partial charge in [-0.2, -0.15) is 4.98 Å².